The summed E-state index contributed by atoms with van der Waals surface area (Å²) >= 11 is 1.77. The molecule has 0 fully saturated rings. The first-order valence-corrected chi connectivity index (χ1v) is 7.76. The number of nitrogens with two attached hydrogens (primary N) is 1. The van der Waals surface area contributed by atoms with E-state index in [1.807, 2.05) is 0 Å². The summed E-state index contributed by atoms with van der Waals surface area (Å²) in [6, 6.07) is 17.4. The van der Waals surface area contributed by atoms with Crippen LogP contribution in [0.2, 0.25) is 0 Å². The van der Waals surface area contributed by atoms with Crippen LogP contribution in [0.15, 0.2) is 53.4 Å². The van der Waals surface area contributed by atoms with Gasteiger partial charge in [-0.15, -0.1) is 11.8 Å². The molecule has 3 N–H and O–H groups in total. The monoisotopic (exact) mass is 270 g/mol. The molecule has 0 heterocycles. The number of benzene rings is 2. The van der Waals surface area contributed by atoms with Crippen LogP contribution in [0, 0.1) is 0 Å². The van der Waals surface area contributed by atoms with Gasteiger partial charge in [-0.1, -0.05) is 36.4 Å². The van der Waals surface area contributed by atoms with E-state index in [0.717, 1.165) is 6.42 Å². The molecule has 3 rings (SSSR count). The summed E-state index contributed by atoms with van der Waals surface area (Å²) in [5, 5.41) is 3.65. The summed E-state index contributed by atoms with van der Waals surface area (Å²) < 4.78 is 0. The van der Waals surface area contributed by atoms with Crippen LogP contribution >= 0.6 is 11.8 Å². The normalized spacial score (nSPS) is 21.2. The van der Waals surface area contributed by atoms with Crippen molar-refractivity contribution >= 4 is 17.4 Å². The van der Waals surface area contributed by atoms with Gasteiger partial charge in [-0.3, -0.25) is 0 Å². The third kappa shape index (κ3) is 2.36. The summed E-state index contributed by atoms with van der Waals surface area (Å²) in [7, 11) is 0. The molecule has 0 spiro atoms. The first-order valence-electron chi connectivity index (χ1n) is 6.53. The standard InChI is InChI=1S/C16H18N2S/c1-19-16-9-5-4-8-14(16)18-15-10-13(17)11-6-2-3-7-12(11)15/h2-9,13,15,18H,10,17H2,1H3. The number of nitrogens with one attached hydrogen (secondary N) is 1. The number of para-hydroxylation sites is 1. The van der Waals surface area contributed by atoms with Gasteiger partial charge >= 0.3 is 0 Å². The van der Waals surface area contributed by atoms with E-state index >= 15 is 0 Å². The van der Waals surface area contributed by atoms with Gasteiger partial charge in [0.1, 0.15) is 0 Å². The van der Waals surface area contributed by atoms with Crippen LogP contribution in [0.25, 0.3) is 0 Å². The van der Waals surface area contributed by atoms with E-state index in [9.17, 15) is 0 Å². The first-order chi connectivity index (χ1) is 9.29. The molecule has 2 atom stereocenters. The van der Waals surface area contributed by atoms with Crippen LogP contribution in [0.1, 0.15) is 29.6 Å². The minimum absolute atomic E-state index is 0.148. The second-order valence-electron chi connectivity index (χ2n) is 4.87. The highest BCUT2D eigenvalue weighted by molar-refractivity contribution is 7.98. The van der Waals surface area contributed by atoms with Crippen LogP contribution in [0.5, 0.6) is 0 Å². The fourth-order valence-electron chi connectivity index (χ4n) is 2.76. The van der Waals surface area contributed by atoms with Crippen molar-refractivity contribution in [2.24, 2.45) is 5.73 Å². The second kappa shape index (κ2) is 5.27. The molecule has 2 nitrogen and oxygen atoms in total. The lowest BCUT2D eigenvalue weighted by Crippen LogP contribution is -2.10. The molecule has 2 unspecified atom stereocenters. The number of rotatable bonds is 3. The number of thioether (sulfide) groups is 1. The Balaban J connectivity index is 1.89. The predicted octanol–water partition coefficient (Wildman–Crippen LogP) is 3.97. The minimum atomic E-state index is 0.148. The van der Waals surface area contributed by atoms with Crippen LogP contribution in [0.3, 0.4) is 0 Å². The molecule has 2 aromatic carbocycles. The average molecular weight is 270 g/mol. The Bertz CT molecular complexity index is 582. The Kier molecular flexibility index (Phi) is 3.49. The molecule has 0 amide bonds. The highest BCUT2D eigenvalue weighted by Crippen LogP contribution is 2.40. The maximum Gasteiger partial charge on any atom is 0.0535 e. The lowest BCUT2D eigenvalue weighted by molar-refractivity contribution is 0.647. The Labute approximate surface area is 118 Å². The number of anilines is 1. The van der Waals surface area contributed by atoms with Gasteiger partial charge in [0.05, 0.1) is 6.04 Å². The van der Waals surface area contributed by atoms with E-state index in [4.69, 9.17) is 5.73 Å². The van der Waals surface area contributed by atoms with Crippen molar-refractivity contribution in [3.63, 3.8) is 0 Å². The summed E-state index contributed by atoms with van der Waals surface area (Å²) in [6.45, 7) is 0. The third-order valence-corrected chi connectivity index (χ3v) is 4.49. The van der Waals surface area contributed by atoms with Crippen molar-refractivity contribution in [2.75, 3.05) is 11.6 Å². The fraction of sp³-hybridized carbons (Fsp3) is 0.250. The summed E-state index contributed by atoms with van der Waals surface area (Å²) in [5.74, 6) is 0. The molecule has 1 aliphatic rings. The zero-order valence-corrected chi connectivity index (χ0v) is 11.8. The van der Waals surface area contributed by atoms with Crippen molar-refractivity contribution in [1.82, 2.24) is 0 Å². The topological polar surface area (TPSA) is 38.0 Å². The predicted molar refractivity (Wildman–Crippen MR) is 82.6 cm³/mol. The molecule has 1 aliphatic carbocycles. The number of hydrogen-bond donors (Lipinski definition) is 2. The molecular formula is C16H18N2S. The molecule has 0 radical (unpaired) electrons. The number of hydrogen-bond acceptors (Lipinski definition) is 3. The van der Waals surface area contributed by atoms with Gasteiger partial charge in [-0.2, -0.15) is 0 Å². The molecular weight excluding hydrogens is 252 g/mol. The minimum Gasteiger partial charge on any atom is -0.377 e. The lowest BCUT2D eigenvalue weighted by atomic mass is 10.1. The van der Waals surface area contributed by atoms with Gasteiger partial charge in [-0.25, -0.2) is 0 Å². The molecule has 3 heteroatoms. The van der Waals surface area contributed by atoms with Gasteiger partial charge in [-0.05, 0) is 35.9 Å². The van der Waals surface area contributed by atoms with Crippen LogP contribution < -0.4 is 11.1 Å². The van der Waals surface area contributed by atoms with E-state index in [2.05, 4.69) is 60.1 Å². The van der Waals surface area contributed by atoms with E-state index in [-0.39, 0.29) is 6.04 Å². The van der Waals surface area contributed by atoms with E-state index < -0.39 is 0 Å². The van der Waals surface area contributed by atoms with Gasteiger partial charge in [0.2, 0.25) is 0 Å². The van der Waals surface area contributed by atoms with Crippen LogP contribution in [-0.4, -0.2) is 6.26 Å². The Hall–Kier alpha value is -1.45. The van der Waals surface area contributed by atoms with Gasteiger partial charge < -0.3 is 11.1 Å². The molecule has 19 heavy (non-hydrogen) atoms. The van der Waals surface area contributed by atoms with Crippen molar-refractivity contribution in [3.05, 3.63) is 59.7 Å². The van der Waals surface area contributed by atoms with Gasteiger partial charge in [0.15, 0.2) is 0 Å². The Morgan fingerprint density at radius 3 is 2.53 bits per heavy atom. The molecule has 0 bridgehead atoms. The highest BCUT2D eigenvalue weighted by atomic mass is 32.2. The maximum absolute atomic E-state index is 6.22. The second-order valence-corrected chi connectivity index (χ2v) is 5.72. The van der Waals surface area contributed by atoms with E-state index in [1.165, 1.54) is 21.7 Å². The molecule has 0 saturated heterocycles. The summed E-state index contributed by atoms with van der Waals surface area (Å²) in [5.41, 5.74) is 10.0. The van der Waals surface area contributed by atoms with Crippen molar-refractivity contribution in [3.8, 4) is 0 Å². The Morgan fingerprint density at radius 2 is 1.74 bits per heavy atom. The smallest absolute Gasteiger partial charge is 0.0535 e. The zero-order chi connectivity index (χ0) is 13.2. The third-order valence-electron chi connectivity index (χ3n) is 3.70. The molecule has 0 aliphatic heterocycles. The van der Waals surface area contributed by atoms with Crippen molar-refractivity contribution < 1.29 is 0 Å². The van der Waals surface area contributed by atoms with Gasteiger partial charge in [0, 0.05) is 16.6 Å². The fourth-order valence-corrected chi connectivity index (χ4v) is 3.32. The van der Waals surface area contributed by atoms with Crippen LogP contribution in [-0.2, 0) is 0 Å². The average Bonchev–Trinajstić information content (AvgIpc) is 2.77. The lowest BCUT2D eigenvalue weighted by Gasteiger charge is -2.17. The first kappa shape index (κ1) is 12.6. The molecule has 0 saturated carbocycles. The largest absolute Gasteiger partial charge is 0.377 e. The maximum atomic E-state index is 6.22. The molecule has 0 aromatic heterocycles. The highest BCUT2D eigenvalue weighted by Gasteiger charge is 2.28. The zero-order valence-electron chi connectivity index (χ0n) is 11.0. The quantitative estimate of drug-likeness (QED) is 0.829. The van der Waals surface area contributed by atoms with Gasteiger partial charge in [0.25, 0.3) is 0 Å². The van der Waals surface area contributed by atoms with Crippen LogP contribution in [0.4, 0.5) is 5.69 Å². The van der Waals surface area contributed by atoms with E-state index in [1.54, 1.807) is 11.8 Å². The van der Waals surface area contributed by atoms with Crippen molar-refractivity contribution in [2.45, 2.75) is 23.4 Å². The summed E-state index contributed by atoms with van der Waals surface area (Å²) in [4.78, 5) is 1.28. The SMILES string of the molecule is CSc1ccccc1NC1CC(N)c2ccccc21. The Morgan fingerprint density at radius 1 is 1.05 bits per heavy atom. The number of fused-ring (bicyclic) bond motifs is 1. The van der Waals surface area contributed by atoms with Crippen molar-refractivity contribution in [1.29, 1.82) is 0 Å². The molecule has 2 aromatic rings. The molecule has 98 valence electrons. The van der Waals surface area contributed by atoms with E-state index in [0.29, 0.717) is 6.04 Å². The summed E-state index contributed by atoms with van der Waals surface area (Å²) in [6.07, 6.45) is 3.07.